The van der Waals surface area contributed by atoms with Crippen LogP contribution in [0.25, 0.3) is 0 Å². The molecule has 1 aliphatic heterocycles. The average Bonchev–Trinajstić information content (AvgIpc) is 2.54. The van der Waals surface area contributed by atoms with E-state index in [1.54, 1.807) is 12.1 Å². The molecule has 2 N–H and O–H groups in total. The van der Waals surface area contributed by atoms with Gasteiger partial charge in [0.25, 0.3) is 11.8 Å². The first-order valence-corrected chi connectivity index (χ1v) is 7.47. The van der Waals surface area contributed by atoms with Gasteiger partial charge in [0.05, 0.1) is 11.7 Å². The summed E-state index contributed by atoms with van der Waals surface area (Å²) >= 11 is 0. The SMILES string of the molecule is Cc1cccc(C(=O)N[C@H](C)c2ccc3c(c2)NC(=O)CO3)c1. The van der Waals surface area contributed by atoms with Crippen molar-refractivity contribution in [1.82, 2.24) is 5.32 Å². The van der Waals surface area contributed by atoms with Gasteiger partial charge in [0.2, 0.25) is 0 Å². The van der Waals surface area contributed by atoms with E-state index >= 15 is 0 Å². The molecule has 1 heterocycles. The number of hydrogen-bond donors (Lipinski definition) is 2. The van der Waals surface area contributed by atoms with Crippen LogP contribution in [0.3, 0.4) is 0 Å². The van der Waals surface area contributed by atoms with E-state index < -0.39 is 0 Å². The molecule has 0 unspecified atom stereocenters. The Bertz CT molecular complexity index is 771. The van der Waals surface area contributed by atoms with Crippen LogP contribution in [-0.4, -0.2) is 18.4 Å². The van der Waals surface area contributed by atoms with Gasteiger partial charge in [-0.3, -0.25) is 9.59 Å². The normalized spacial score (nSPS) is 14.3. The Kier molecular flexibility index (Phi) is 4.02. The zero-order valence-corrected chi connectivity index (χ0v) is 13.1. The Morgan fingerprint density at radius 1 is 1.26 bits per heavy atom. The minimum atomic E-state index is -0.188. The van der Waals surface area contributed by atoms with E-state index in [2.05, 4.69) is 10.6 Å². The van der Waals surface area contributed by atoms with Crippen LogP contribution in [0.4, 0.5) is 5.69 Å². The van der Waals surface area contributed by atoms with Crippen molar-refractivity contribution in [1.29, 1.82) is 0 Å². The number of carbonyl (C=O) groups excluding carboxylic acids is 2. The summed E-state index contributed by atoms with van der Waals surface area (Å²) in [5, 5.41) is 5.74. The smallest absolute Gasteiger partial charge is 0.262 e. The topological polar surface area (TPSA) is 67.4 Å². The highest BCUT2D eigenvalue weighted by molar-refractivity contribution is 5.96. The fraction of sp³-hybridized carbons (Fsp3) is 0.222. The van der Waals surface area contributed by atoms with Gasteiger partial charge in [-0.25, -0.2) is 0 Å². The zero-order valence-electron chi connectivity index (χ0n) is 13.1. The first kappa shape index (κ1) is 15.1. The van der Waals surface area contributed by atoms with E-state index in [1.165, 1.54) is 0 Å². The Morgan fingerprint density at radius 3 is 2.87 bits per heavy atom. The van der Waals surface area contributed by atoms with Gasteiger partial charge < -0.3 is 15.4 Å². The summed E-state index contributed by atoms with van der Waals surface area (Å²) in [6.45, 7) is 3.89. The first-order chi connectivity index (χ1) is 11.0. The molecule has 2 aromatic rings. The zero-order chi connectivity index (χ0) is 16.4. The largest absolute Gasteiger partial charge is 0.482 e. The Balaban J connectivity index is 1.75. The van der Waals surface area contributed by atoms with Gasteiger partial charge in [0.15, 0.2) is 6.61 Å². The number of fused-ring (bicyclic) bond motifs is 1. The fourth-order valence-electron chi connectivity index (χ4n) is 2.52. The number of hydrogen-bond acceptors (Lipinski definition) is 3. The lowest BCUT2D eigenvalue weighted by atomic mass is 10.1. The van der Waals surface area contributed by atoms with Crippen molar-refractivity contribution >= 4 is 17.5 Å². The Labute approximate surface area is 134 Å². The molecule has 0 fully saturated rings. The Hall–Kier alpha value is -2.82. The van der Waals surface area contributed by atoms with Gasteiger partial charge in [-0.15, -0.1) is 0 Å². The average molecular weight is 310 g/mol. The summed E-state index contributed by atoms with van der Waals surface area (Å²) in [6.07, 6.45) is 0. The number of nitrogens with one attached hydrogen (secondary N) is 2. The van der Waals surface area contributed by atoms with E-state index in [1.807, 2.05) is 44.2 Å². The van der Waals surface area contributed by atoms with Crippen molar-refractivity contribution in [3.8, 4) is 5.75 Å². The highest BCUT2D eigenvalue weighted by Gasteiger charge is 2.18. The van der Waals surface area contributed by atoms with E-state index in [0.29, 0.717) is 17.0 Å². The minimum absolute atomic E-state index is 0.0337. The van der Waals surface area contributed by atoms with Crippen LogP contribution in [0.2, 0.25) is 0 Å². The first-order valence-electron chi connectivity index (χ1n) is 7.47. The summed E-state index contributed by atoms with van der Waals surface area (Å²) in [5.74, 6) is 0.343. The quantitative estimate of drug-likeness (QED) is 0.916. The molecule has 1 aliphatic rings. The molecule has 0 saturated carbocycles. The lowest BCUT2D eigenvalue weighted by Gasteiger charge is -2.21. The number of benzene rings is 2. The summed E-state index contributed by atoms with van der Waals surface area (Å²) in [6, 6.07) is 12.8. The second kappa shape index (κ2) is 6.12. The fourth-order valence-corrected chi connectivity index (χ4v) is 2.52. The molecule has 0 saturated heterocycles. The number of carbonyl (C=O) groups is 2. The molecule has 0 radical (unpaired) electrons. The lowest BCUT2D eigenvalue weighted by molar-refractivity contribution is -0.118. The van der Waals surface area contributed by atoms with Crippen molar-refractivity contribution in [2.45, 2.75) is 19.9 Å². The number of rotatable bonds is 3. The van der Waals surface area contributed by atoms with Gasteiger partial charge in [-0.05, 0) is 43.7 Å². The molecule has 0 aromatic heterocycles. The van der Waals surface area contributed by atoms with E-state index in [9.17, 15) is 9.59 Å². The maximum atomic E-state index is 12.3. The summed E-state index contributed by atoms with van der Waals surface area (Å²) < 4.78 is 5.33. The van der Waals surface area contributed by atoms with E-state index in [4.69, 9.17) is 4.74 Å². The highest BCUT2D eigenvalue weighted by atomic mass is 16.5. The molecule has 3 rings (SSSR count). The van der Waals surface area contributed by atoms with E-state index in [0.717, 1.165) is 11.1 Å². The third-order valence-electron chi connectivity index (χ3n) is 3.76. The van der Waals surface area contributed by atoms with Gasteiger partial charge in [-0.1, -0.05) is 23.8 Å². The summed E-state index contributed by atoms with van der Waals surface area (Å²) in [5.41, 5.74) is 3.20. The molecular formula is C18H18N2O3. The number of ether oxygens (including phenoxy) is 1. The van der Waals surface area contributed by atoms with E-state index in [-0.39, 0.29) is 24.5 Å². The second-order valence-electron chi connectivity index (χ2n) is 5.66. The lowest BCUT2D eigenvalue weighted by Crippen LogP contribution is -2.28. The van der Waals surface area contributed by atoms with Gasteiger partial charge in [-0.2, -0.15) is 0 Å². The third-order valence-corrected chi connectivity index (χ3v) is 3.76. The van der Waals surface area contributed by atoms with Crippen LogP contribution in [0.5, 0.6) is 5.75 Å². The summed E-state index contributed by atoms with van der Waals surface area (Å²) in [7, 11) is 0. The monoisotopic (exact) mass is 310 g/mol. The maximum absolute atomic E-state index is 12.3. The maximum Gasteiger partial charge on any atom is 0.262 e. The van der Waals surface area contributed by atoms with Gasteiger partial charge in [0.1, 0.15) is 5.75 Å². The Morgan fingerprint density at radius 2 is 2.09 bits per heavy atom. The van der Waals surface area contributed by atoms with Crippen LogP contribution < -0.4 is 15.4 Å². The van der Waals surface area contributed by atoms with Crippen LogP contribution >= 0.6 is 0 Å². The van der Waals surface area contributed by atoms with Crippen molar-refractivity contribution in [2.75, 3.05) is 11.9 Å². The van der Waals surface area contributed by atoms with Crippen molar-refractivity contribution in [3.05, 3.63) is 59.2 Å². The van der Waals surface area contributed by atoms with Crippen LogP contribution in [0, 0.1) is 6.92 Å². The molecular weight excluding hydrogens is 292 g/mol. The van der Waals surface area contributed by atoms with Crippen molar-refractivity contribution in [2.24, 2.45) is 0 Å². The van der Waals surface area contributed by atoms with Crippen LogP contribution in [-0.2, 0) is 4.79 Å². The van der Waals surface area contributed by atoms with Crippen LogP contribution in [0.1, 0.15) is 34.5 Å². The third kappa shape index (κ3) is 3.34. The van der Waals surface area contributed by atoms with Crippen molar-refractivity contribution < 1.29 is 14.3 Å². The predicted octanol–water partition coefficient (Wildman–Crippen LogP) is 2.82. The van der Waals surface area contributed by atoms with Gasteiger partial charge >= 0.3 is 0 Å². The molecule has 0 spiro atoms. The van der Waals surface area contributed by atoms with Crippen LogP contribution in [0.15, 0.2) is 42.5 Å². The molecule has 5 heteroatoms. The molecule has 118 valence electrons. The molecule has 23 heavy (non-hydrogen) atoms. The van der Waals surface area contributed by atoms with Crippen molar-refractivity contribution in [3.63, 3.8) is 0 Å². The number of amides is 2. The molecule has 2 aromatic carbocycles. The molecule has 2 amide bonds. The summed E-state index contributed by atoms with van der Waals surface area (Å²) in [4.78, 5) is 23.7. The predicted molar refractivity (Wildman–Crippen MR) is 87.6 cm³/mol. The second-order valence-corrected chi connectivity index (χ2v) is 5.66. The number of anilines is 1. The molecule has 0 bridgehead atoms. The molecule has 0 aliphatic carbocycles. The highest BCUT2D eigenvalue weighted by Crippen LogP contribution is 2.30. The molecule has 5 nitrogen and oxygen atoms in total. The minimum Gasteiger partial charge on any atom is -0.482 e. The standard InChI is InChI=1S/C18H18N2O3/c1-11-4-3-5-14(8-11)18(22)19-12(2)13-6-7-16-15(9-13)20-17(21)10-23-16/h3-9,12H,10H2,1-2H3,(H,19,22)(H,20,21)/t12-/m1/s1. The number of aryl methyl sites for hydroxylation is 1. The van der Waals surface area contributed by atoms with Gasteiger partial charge in [0, 0.05) is 5.56 Å². The molecule has 1 atom stereocenters.